The number of para-hydroxylation sites is 1. The van der Waals surface area contributed by atoms with E-state index >= 15 is 0 Å². The lowest BCUT2D eigenvalue weighted by Gasteiger charge is -2.08. The van der Waals surface area contributed by atoms with E-state index in [0.717, 1.165) is 11.3 Å². The van der Waals surface area contributed by atoms with Crippen LogP contribution in [0, 0.1) is 0 Å². The van der Waals surface area contributed by atoms with Gasteiger partial charge in [-0.05, 0) is 48.5 Å². The quantitative estimate of drug-likeness (QED) is 0.324. The summed E-state index contributed by atoms with van der Waals surface area (Å²) in [5.74, 6) is 2.65. The number of nitrogens with zero attached hydrogens (tertiary/aromatic N) is 5. The molecule has 0 saturated carbocycles. The number of hydrogen-bond donors (Lipinski definition) is 0. The number of halogens is 1. The van der Waals surface area contributed by atoms with Crippen molar-refractivity contribution in [1.29, 1.82) is 0 Å². The maximum absolute atomic E-state index is 5.93. The molecule has 0 bridgehead atoms. The van der Waals surface area contributed by atoms with Crippen molar-refractivity contribution < 1.29 is 8.83 Å². The molecule has 0 aliphatic carbocycles. The predicted octanol–water partition coefficient (Wildman–Crippen LogP) is 5.52. The molecule has 2 aromatic carbocycles. The first-order valence-corrected chi connectivity index (χ1v) is 10.4. The van der Waals surface area contributed by atoms with Crippen LogP contribution in [-0.4, -0.2) is 25.0 Å². The Morgan fingerprint density at radius 2 is 1.70 bits per heavy atom. The third-order valence-electron chi connectivity index (χ3n) is 4.27. The van der Waals surface area contributed by atoms with E-state index in [9.17, 15) is 0 Å². The summed E-state index contributed by atoms with van der Waals surface area (Å²) >= 11 is 7.39. The summed E-state index contributed by atoms with van der Waals surface area (Å²) in [4.78, 5) is 0. The van der Waals surface area contributed by atoms with Crippen LogP contribution >= 0.6 is 23.4 Å². The van der Waals surface area contributed by atoms with Crippen molar-refractivity contribution in [2.75, 3.05) is 0 Å². The van der Waals surface area contributed by atoms with Crippen molar-refractivity contribution in [3.63, 3.8) is 0 Å². The molecule has 7 nitrogen and oxygen atoms in total. The van der Waals surface area contributed by atoms with Crippen LogP contribution in [0.15, 0.2) is 87.0 Å². The largest absolute Gasteiger partial charge is 0.461 e. The zero-order valence-corrected chi connectivity index (χ0v) is 17.0. The van der Waals surface area contributed by atoms with Crippen LogP contribution in [0.25, 0.3) is 28.7 Å². The Hall–Kier alpha value is -3.36. The fraction of sp³-hybridized carbons (Fsp3) is 0.0476. The second-order valence-corrected chi connectivity index (χ2v) is 7.63. The van der Waals surface area contributed by atoms with Crippen LogP contribution < -0.4 is 0 Å². The van der Waals surface area contributed by atoms with Gasteiger partial charge >= 0.3 is 0 Å². The zero-order chi connectivity index (χ0) is 20.3. The van der Waals surface area contributed by atoms with Crippen molar-refractivity contribution in [3.8, 4) is 28.7 Å². The first-order chi connectivity index (χ1) is 14.8. The Bertz CT molecular complexity index is 1250. The maximum Gasteiger partial charge on any atom is 0.247 e. The number of thioether (sulfide) groups is 1. The molecule has 0 amide bonds. The third kappa shape index (κ3) is 3.74. The molecular formula is C21H14ClN5O2S. The van der Waals surface area contributed by atoms with Crippen molar-refractivity contribution in [1.82, 2.24) is 25.0 Å². The highest BCUT2D eigenvalue weighted by Crippen LogP contribution is 2.30. The lowest BCUT2D eigenvalue weighted by atomic mass is 10.2. The van der Waals surface area contributed by atoms with Crippen LogP contribution in [0.2, 0.25) is 5.02 Å². The highest BCUT2D eigenvalue weighted by Gasteiger charge is 2.19. The number of furan rings is 1. The van der Waals surface area contributed by atoms with Crippen molar-refractivity contribution in [3.05, 3.63) is 83.9 Å². The molecule has 9 heteroatoms. The van der Waals surface area contributed by atoms with Crippen molar-refractivity contribution >= 4 is 23.4 Å². The zero-order valence-electron chi connectivity index (χ0n) is 15.5. The molecule has 5 rings (SSSR count). The summed E-state index contributed by atoms with van der Waals surface area (Å²) in [5, 5.41) is 18.3. The number of rotatable bonds is 6. The summed E-state index contributed by atoms with van der Waals surface area (Å²) in [6.07, 6.45) is 1.61. The second-order valence-electron chi connectivity index (χ2n) is 6.25. The van der Waals surface area contributed by atoms with Gasteiger partial charge in [0.05, 0.1) is 12.0 Å². The molecular weight excluding hydrogens is 422 g/mol. The Kier molecular flexibility index (Phi) is 5.08. The molecule has 148 valence electrons. The van der Waals surface area contributed by atoms with Gasteiger partial charge in [0.1, 0.15) is 0 Å². The minimum absolute atomic E-state index is 0.447. The molecule has 3 heterocycles. The standard InChI is InChI=1S/C21H14ClN5O2S/c22-15-10-8-14(9-11-15)20-25-23-18(29-20)13-30-21-26-24-19(17-7-4-12-28-17)27(21)16-5-2-1-3-6-16/h1-12H,13H2. The topological polar surface area (TPSA) is 82.8 Å². The van der Waals surface area contributed by atoms with Crippen LogP contribution in [0.1, 0.15) is 5.89 Å². The highest BCUT2D eigenvalue weighted by molar-refractivity contribution is 7.98. The third-order valence-corrected chi connectivity index (χ3v) is 5.44. The van der Waals surface area contributed by atoms with Gasteiger partial charge in [0, 0.05) is 16.3 Å². The minimum Gasteiger partial charge on any atom is -0.461 e. The van der Waals surface area contributed by atoms with Crippen LogP contribution in [-0.2, 0) is 5.75 Å². The molecule has 3 aromatic heterocycles. The normalized spacial score (nSPS) is 11.1. The van der Waals surface area contributed by atoms with E-state index in [2.05, 4.69) is 20.4 Å². The fourth-order valence-corrected chi connectivity index (χ4v) is 3.80. The molecule has 0 atom stereocenters. The summed E-state index contributed by atoms with van der Waals surface area (Å²) in [7, 11) is 0. The molecule has 0 saturated heterocycles. The average molecular weight is 436 g/mol. The number of benzene rings is 2. The molecule has 0 fully saturated rings. The van der Waals surface area contributed by atoms with Crippen molar-refractivity contribution in [2.24, 2.45) is 0 Å². The van der Waals surface area contributed by atoms with Gasteiger partial charge in [0.15, 0.2) is 10.9 Å². The average Bonchev–Trinajstić information content (AvgIpc) is 3.53. The van der Waals surface area contributed by atoms with Gasteiger partial charge in [-0.2, -0.15) is 0 Å². The lowest BCUT2D eigenvalue weighted by molar-refractivity contribution is 0.528. The number of aromatic nitrogens is 5. The van der Waals surface area contributed by atoms with Crippen molar-refractivity contribution in [2.45, 2.75) is 10.9 Å². The van der Waals surface area contributed by atoms with Gasteiger partial charge in [-0.3, -0.25) is 4.57 Å². The van der Waals surface area contributed by atoms with Crippen LogP contribution in [0.4, 0.5) is 0 Å². The Balaban J connectivity index is 1.41. The van der Waals surface area contributed by atoms with Gasteiger partial charge < -0.3 is 8.83 Å². The smallest absolute Gasteiger partial charge is 0.247 e. The summed E-state index contributed by atoms with van der Waals surface area (Å²) in [6.45, 7) is 0. The van der Waals surface area contributed by atoms with Gasteiger partial charge in [0.2, 0.25) is 17.6 Å². The van der Waals surface area contributed by atoms with Gasteiger partial charge in [-0.15, -0.1) is 20.4 Å². The van der Waals surface area contributed by atoms with E-state index in [1.807, 2.05) is 59.2 Å². The first-order valence-electron chi connectivity index (χ1n) is 9.04. The fourth-order valence-electron chi connectivity index (χ4n) is 2.89. The SMILES string of the molecule is Clc1ccc(-c2nnc(CSc3nnc(-c4ccco4)n3-c3ccccc3)o2)cc1. The van der Waals surface area contributed by atoms with E-state index in [0.29, 0.717) is 39.3 Å². The maximum atomic E-state index is 5.93. The monoisotopic (exact) mass is 435 g/mol. The molecule has 0 spiro atoms. The highest BCUT2D eigenvalue weighted by atomic mass is 35.5. The Morgan fingerprint density at radius 1 is 0.867 bits per heavy atom. The first kappa shape index (κ1) is 18.7. The van der Waals surface area contributed by atoms with E-state index in [1.165, 1.54) is 11.8 Å². The van der Waals surface area contributed by atoms with Crippen LogP contribution in [0.3, 0.4) is 0 Å². The Morgan fingerprint density at radius 3 is 2.47 bits per heavy atom. The van der Waals surface area contributed by atoms with Gasteiger partial charge in [-0.1, -0.05) is 41.6 Å². The predicted molar refractivity (Wildman–Crippen MR) is 113 cm³/mol. The molecule has 0 unspecified atom stereocenters. The summed E-state index contributed by atoms with van der Waals surface area (Å²) in [5.41, 5.74) is 1.75. The molecule has 0 radical (unpaired) electrons. The number of hydrogen-bond acceptors (Lipinski definition) is 7. The molecule has 30 heavy (non-hydrogen) atoms. The molecule has 0 N–H and O–H groups in total. The lowest BCUT2D eigenvalue weighted by Crippen LogP contribution is -1.99. The van der Waals surface area contributed by atoms with E-state index in [1.54, 1.807) is 18.4 Å². The van der Waals surface area contributed by atoms with E-state index in [-0.39, 0.29) is 0 Å². The van der Waals surface area contributed by atoms with Gasteiger partial charge in [-0.25, -0.2) is 0 Å². The Labute approximate surface area is 180 Å². The summed E-state index contributed by atoms with van der Waals surface area (Å²) < 4.78 is 13.3. The van der Waals surface area contributed by atoms with E-state index in [4.69, 9.17) is 20.4 Å². The summed E-state index contributed by atoms with van der Waals surface area (Å²) in [6, 6.07) is 20.8. The molecule has 0 aliphatic heterocycles. The minimum atomic E-state index is 0.447. The van der Waals surface area contributed by atoms with Crippen LogP contribution in [0.5, 0.6) is 0 Å². The van der Waals surface area contributed by atoms with E-state index < -0.39 is 0 Å². The second kappa shape index (κ2) is 8.17. The molecule has 5 aromatic rings. The van der Waals surface area contributed by atoms with Gasteiger partial charge in [0.25, 0.3) is 0 Å². The molecule has 0 aliphatic rings.